The van der Waals surface area contributed by atoms with Gasteiger partial charge in [0.2, 0.25) is 0 Å². The number of nitriles is 1. The van der Waals surface area contributed by atoms with Gasteiger partial charge in [-0.2, -0.15) is 5.26 Å². The summed E-state index contributed by atoms with van der Waals surface area (Å²) in [4.78, 5) is 22.1. The number of benzene rings is 1. The fraction of sp³-hybridized carbons (Fsp3) is 0.385. The van der Waals surface area contributed by atoms with E-state index in [4.69, 9.17) is 16.9 Å². The fourth-order valence-electron chi connectivity index (χ4n) is 2.34. The van der Waals surface area contributed by atoms with Crippen molar-refractivity contribution in [1.29, 1.82) is 5.26 Å². The number of amides is 1. The second-order valence-corrected chi connectivity index (χ2v) is 5.08. The summed E-state index contributed by atoms with van der Waals surface area (Å²) < 4.78 is 0. The molecule has 6 nitrogen and oxygen atoms in total. The molecule has 1 aromatic rings. The zero-order valence-electron chi connectivity index (χ0n) is 10.5. The Labute approximate surface area is 120 Å². The first-order valence-electron chi connectivity index (χ1n) is 6.17. The Morgan fingerprint density at radius 2 is 2.25 bits per heavy atom. The summed E-state index contributed by atoms with van der Waals surface area (Å²) >= 11 is 5.77. The first kappa shape index (κ1) is 14.3. The number of nitro benzene ring substituents is 1. The minimum atomic E-state index is -0.604. The molecule has 104 valence electrons. The minimum absolute atomic E-state index is 0.0779. The summed E-state index contributed by atoms with van der Waals surface area (Å²) in [7, 11) is 0. The Morgan fingerprint density at radius 3 is 2.85 bits per heavy atom. The van der Waals surface area contributed by atoms with Gasteiger partial charge in [-0.25, -0.2) is 0 Å². The van der Waals surface area contributed by atoms with Gasteiger partial charge in [-0.05, 0) is 31.4 Å². The molecule has 1 aliphatic rings. The van der Waals surface area contributed by atoms with Crippen molar-refractivity contribution >= 4 is 23.2 Å². The molecule has 7 heteroatoms. The summed E-state index contributed by atoms with van der Waals surface area (Å²) in [5, 5.41) is 22.3. The topological polar surface area (TPSA) is 96.0 Å². The normalized spacial score (nSPS) is 21.2. The molecule has 1 fully saturated rings. The van der Waals surface area contributed by atoms with Crippen LogP contribution in [0.1, 0.15) is 29.6 Å². The molecule has 0 heterocycles. The standard InChI is InChI=1S/C13H12ClN3O3/c14-10-6-8(4-5-12(10)17(19)20)13(18)16-11-3-1-2-9(11)7-15/h4-6,9,11H,1-3H2,(H,16,18). The van der Waals surface area contributed by atoms with E-state index >= 15 is 0 Å². The zero-order chi connectivity index (χ0) is 14.7. The van der Waals surface area contributed by atoms with Gasteiger partial charge in [-0.15, -0.1) is 0 Å². The highest BCUT2D eigenvalue weighted by atomic mass is 35.5. The SMILES string of the molecule is N#CC1CCCC1NC(=O)c1ccc([N+](=O)[O-])c(Cl)c1. The molecule has 0 aromatic heterocycles. The van der Waals surface area contributed by atoms with E-state index in [-0.39, 0.29) is 34.1 Å². The number of rotatable bonds is 3. The minimum Gasteiger partial charge on any atom is -0.348 e. The van der Waals surface area contributed by atoms with E-state index in [9.17, 15) is 14.9 Å². The lowest BCUT2D eigenvalue weighted by atomic mass is 10.1. The third kappa shape index (κ3) is 2.89. The predicted octanol–water partition coefficient (Wildman–Crippen LogP) is 2.67. The molecule has 0 saturated heterocycles. The number of hydrogen-bond donors (Lipinski definition) is 1. The smallest absolute Gasteiger partial charge is 0.287 e. The quantitative estimate of drug-likeness (QED) is 0.684. The van der Waals surface area contributed by atoms with Gasteiger partial charge in [-0.3, -0.25) is 14.9 Å². The fourth-order valence-corrected chi connectivity index (χ4v) is 2.58. The van der Waals surface area contributed by atoms with Gasteiger partial charge in [0.05, 0.1) is 16.9 Å². The van der Waals surface area contributed by atoms with E-state index in [2.05, 4.69) is 11.4 Å². The lowest BCUT2D eigenvalue weighted by molar-refractivity contribution is -0.384. The third-order valence-corrected chi connectivity index (χ3v) is 3.71. The van der Waals surface area contributed by atoms with Gasteiger partial charge in [0.1, 0.15) is 5.02 Å². The van der Waals surface area contributed by atoms with Crippen LogP contribution in [0.15, 0.2) is 18.2 Å². The molecular formula is C13H12ClN3O3. The lowest BCUT2D eigenvalue weighted by Gasteiger charge is -2.15. The number of carbonyl (C=O) groups excluding carboxylic acids is 1. The van der Waals surface area contributed by atoms with Crippen LogP contribution in [0.25, 0.3) is 0 Å². The van der Waals surface area contributed by atoms with E-state index in [0.717, 1.165) is 19.3 Å². The van der Waals surface area contributed by atoms with Gasteiger partial charge in [-0.1, -0.05) is 11.6 Å². The molecule has 0 radical (unpaired) electrons. The molecule has 20 heavy (non-hydrogen) atoms. The van der Waals surface area contributed by atoms with Crippen LogP contribution >= 0.6 is 11.6 Å². The number of nitro groups is 1. The Bertz CT molecular complexity index is 597. The Morgan fingerprint density at radius 1 is 1.50 bits per heavy atom. The first-order valence-corrected chi connectivity index (χ1v) is 6.55. The van der Waals surface area contributed by atoms with Crippen LogP contribution < -0.4 is 5.32 Å². The van der Waals surface area contributed by atoms with Crippen molar-refractivity contribution in [3.8, 4) is 6.07 Å². The van der Waals surface area contributed by atoms with Crippen molar-refractivity contribution < 1.29 is 9.72 Å². The van der Waals surface area contributed by atoms with Crippen LogP contribution in [0, 0.1) is 27.4 Å². The molecular weight excluding hydrogens is 282 g/mol. The molecule has 1 N–H and O–H groups in total. The highest BCUT2D eigenvalue weighted by molar-refractivity contribution is 6.33. The maximum atomic E-state index is 12.0. The second-order valence-electron chi connectivity index (χ2n) is 4.67. The number of nitrogens with one attached hydrogen (secondary N) is 1. The average Bonchev–Trinajstić information content (AvgIpc) is 2.85. The van der Waals surface area contributed by atoms with E-state index in [1.165, 1.54) is 18.2 Å². The molecule has 1 amide bonds. The van der Waals surface area contributed by atoms with Crippen molar-refractivity contribution in [2.24, 2.45) is 5.92 Å². The monoisotopic (exact) mass is 293 g/mol. The van der Waals surface area contributed by atoms with Gasteiger partial charge in [0.25, 0.3) is 11.6 Å². The largest absolute Gasteiger partial charge is 0.348 e. The van der Waals surface area contributed by atoms with Crippen LogP contribution in [0.2, 0.25) is 5.02 Å². The number of carbonyl (C=O) groups is 1. The molecule has 2 unspecified atom stereocenters. The predicted molar refractivity (Wildman–Crippen MR) is 72.3 cm³/mol. The lowest BCUT2D eigenvalue weighted by Crippen LogP contribution is -2.36. The maximum absolute atomic E-state index is 12.0. The van der Waals surface area contributed by atoms with Crippen LogP contribution in [-0.4, -0.2) is 16.9 Å². The van der Waals surface area contributed by atoms with Gasteiger partial charge in [0, 0.05) is 17.7 Å². The molecule has 0 spiro atoms. The van der Waals surface area contributed by atoms with Crippen LogP contribution in [0.5, 0.6) is 0 Å². The van der Waals surface area contributed by atoms with Crippen molar-refractivity contribution in [3.05, 3.63) is 38.9 Å². The number of halogens is 1. The van der Waals surface area contributed by atoms with Crippen molar-refractivity contribution in [3.63, 3.8) is 0 Å². The maximum Gasteiger partial charge on any atom is 0.287 e. The summed E-state index contributed by atoms with van der Waals surface area (Å²) in [6.07, 6.45) is 2.46. The molecule has 2 atom stereocenters. The third-order valence-electron chi connectivity index (χ3n) is 3.40. The molecule has 0 bridgehead atoms. The Balaban J connectivity index is 2.12. The van der Waals surface area contributed by atoms with E-state index < -0.39 is 4.92 Å². The van der Waals surface area contributed by atoms with E-state index in [0.29, 0.717) is 0 Å². The number of nitrogens with zero attached hydrogens (tertiary/aromatic N) is 2. The van der Waals surface area contributed by atoms with Crippen LogP contribution in [0.4, 0.5) is 5.69 Å². The zero-order valence-corrected chi connectivity index (χ0v) is 11.3. The Kier molecular flexibility index (Phi) is 4.20. The number of hydrogen-bond acceptors (Lipinski definition) is 4. The van der Waals surface area contributed by atoms with E-state index in [1.54, 1.807) is 0 Å². The molecule has 0 aliphatic heterocycles. The van der Waals surface area contributed by atoms with Crippen molar-refractivity contribution in [2.45, 2.75) is 25.3 Å². The van der Waals surface area contributed by atoms with E-state index in [1.807, 2.05) is 0 Å². The molecule has 1 saturated carbocycles. The van der Waals surface area contributed by atoms with Gasteiger partial charge >= 0.3 is 0 Å². The summed E-state index contributed by atoms with van der Waals surface area (Å²) in [5.74, 6) is -0.540. The van der Waals surface area contributed by atoms with Crippen LogP contribution in [-0.2, 0) is 0 Å². The highest BCUT2D eigenvalue weighted by Gasteiger charge is 2.28. The average molecular weight is 294 g/mol. The summed E-state index contributed by atoms with van der Waals surface area (Å²) in [6.45, 7) is 0. The summed E-state index contributed by atoms with van der Waals surface area (Å²) in [6, 6.07) is 5.84. The second kappa shape index (κ2) is 5.88. The summed E-state index contributed by atoms with van der Waals surface area (Å²) in [5.41, 5.74) is 0.0168. The van der Waals surface area contributed by atoms with Gasteiger partial charge < -0.3 is 5.32 Å². The highest BCUT2D eigenvalue weighted by Crippen LogP contribution is 2.27. The van der Waals surface area contributed by atoms with Crippen molar-refractivity contribution in [1.82, 2.24) is 5.32 Å². The van der Waals surface area contributed by atoms with Gasteiger partial charge in [0.15, 0.2) is 0 Å². The molecule has 2 rings (SSSR count). The Hall–Kier alpha value is -2.13. The molecule has 1 aromatic carbocycles. The van der Waals surface area contributed by atoms with Crippen molar-refractivity contribution in [2.75, 3.05) is 0 Å². The van der Waals surface area contributed by atoms with Crippen LogP contribution in [0.3, 0.4) is 0 Å². The first-order chi connectivity index (χ1) is 9.52. The molecule has 1 aliphatic carbocycles.